The highest BCUT2D eigenvalue weighted by molar-refractivity contribution is 7.09. The van der Waals surface area contributed by atoms with E-state index >= 15 is 0 Å². The van der Waals surface area contributed by atoms with Crippen LogP contribution < -0.4 is 4.74 Å². The summed E-state index contributed by atoms with van der Waals surface area (Å²) in [5.74, 6) is -0.182. The molecule has 0 aliphatic rings. The lowest BCUT2D eigenvalue weighted by Gasteiger charge is -2.07. The fraction of sp³-hybridized carbons (Fsp3) is 0.125. The van der Waals surface area contributed by atoms with E-state index in [1.807, 2.05) is 18.4 Å². The number of hydrogen-bond acceptors (Lipinski definition) is 4. The van der Waals surface area contributed by atoms with Crippen LogP contribution in [0.3, 0.4) is 0 Å². The van der Waals surface area contributed by atoms with Crippen molar-refractivity contribution in [3.8, 4) is 28.3 Å². The SMILES string of the molecule is COc1cccc(-c2ccc(-c3csc(C)n3)cn2)c1F. The van der Waals surface area contributed by atoms with Gasteiger partial charge in [-0.15, -0.1) is 11.3 Å². The van der Waals surface area contributed by atoms with Gasteiger partial charge in [-0.05, 0) is 31.2 Å². The highest BCUT2D eigenvalue weighted by atomic mass is 32.1. The molecule has 3 nitrogen and oxygen atoms in total. The maximum absolute atomic E-state index is 14.2. The first-order valence-corrected chi connectivity index (χ1v) is 7.28. The number of aryl methyl sites for hydroxylation is 1. The number of thiazole rings is 1. The van der Waals surface area contributed by atoms with Crippen molar-refractivity contribution in [2.75, 3.05) is 7.11 Å². The zero-order chi connectivity index (χ0) is 14.8. The predicted octanol–water partition coefficient (Wildman–Crippen LogP) is 4.33. The summed E-state index contributed by atoms with van der Waals surface area (Å²) in [6.45, 7) is 1.96. The number of halogens is 1. The first-order valence-electron chi connectivity index (χ1n) is 6.40. The van der Waals surface area contributed by atoms with Crippen molar-refractivity contribution in [1.29, 1.82) is 0 Å². The molecule has 0 N–H and O–H groups in total. The average Bonchev–Trinajstić information content (AvgIpc) is 2.94. The molecular weight excluding hydrogens is 287 g/mol. The molecule has 3 aromatic rings. The van der Waals surface area contributed by atoms with E-state index in [1.54, 1.807) is 41.8 Å². The third kappa shape index (κ3) is 2.64. The van der Waals surface area contributed by atoms with Crippen molar-refractivity contribution >= 4 is 11.3 Å². The van der Waals surface area contributed by atoms with Crippen LogP contribution in [-0.2, 0) is 0 Å². The molecule has 0 amide bonds. The van der Waals surface area contributed by atoms with Crippen LogP contribution in [-0.4, -0.2) is 17.1 Å². The van der Waals surface area contributed by atoms with Gasteiger partial charge >= 0.3 is 0 Å². The van der Waals surface area contributed by atoms with E-state index in [1.165, 1.54) is 7.11 Å². The lowest BCUT2D eigenvalue weighted by molar-refractivity contribution is 0.387. The van der Waals surface area contributed by atoms with Gasteiger partial charge in [-0.3, -0.25) is 4.98 Å². The minimum absolute atomic E-state index is 0.216. The summed E-state index contributed by atoms with van der Waals surface area (Å²) < 4.78 is 19.2. The van der Waals surface area contributed by atoms with Crippen molar-refractivity contribution in [3.63, 3.8) is 0 Å². The molecule has 0 atom stereocenters. The van der Waals surface area contributed by atoms with Crippen molar-refractivity contribution in [2.24, 2.45) is 0 Å². The Bertz CT molecular complexity index is 768. The van der Waals surface area contributed by atoms with E-state index in [0.717, 1.165) is 16.3 Å². The van der Waals surface area contributed by atoms with Gasteiger partial charge in [-0.2, -0.15) is 0 Å². The molecule has 0 radical (unpaired) electrons. The van der Waals surface area contributed by atoms with Crippen LogP contribution in [0.25, 0.3) is 22.5 Å². The zero-order valence-electron chi connectivity index (χ0n) is 11.6. The minimum Gasteiger partial charge on any atom is -0.494 e. The second-order valence-electron chi connectivity index (χ2n) is 4.51. The van der Waals surface area contributed by atoms with E-state index in [0.29, 0.717) is 11.3 Å². The van der Waals surface area contributed by atoms with Crippen molar-refractivity contribution in [3.05, 3.63) is 52.7 Å². The number of aromatic nitrogens is 2. The normalized spacial score (nSPS) is 10.6. The van der Waals surface area contributed by atoms with Crippen molar-refractivity contribution < 1.29 is 9.13 Å². The van der Waals surface area contributed by atoms with Gasteiger partial charge in [0.15, 0.2) is 11.6 Å². The number of nitrogens with zero attached hydrogens (tertiary/aromatic N) is 2. The van der Waals surface area contributed by atoms with Gasteiger partial charge in [0.1, 0.15) is 0 Å². The first kappa shape index (κ1) is 13.7. The standard InChI is InChI=1S/C16H13FN2OS/c1-10-19-14(9-21-10)11-6-7-13(18-8-11)12-4-3-5-15(20-2)16(12)17/h3-9H,1-2H3. The van der Waals surface area contributed by atoms with Crippen molar-refractivity contribution in [1.82, 2.24) is 9.97 Å². The third-order valence-corrected chi connectivity index (χ3v) is 3.91. The van der Waals surface area contributed by atoms with Gasteiger partial charge in [0.2, 0.25) is 0 Å². The largest absolute Gasteiger partial charge is 0.494 e. The molecule has 0 unspecified atom stereocenters. The number of benzene rings is 1. The molecule has 0 saturated heterocycles. The van der Waals surface area contributed by atoms with E-state index in [2.05, 4.69) is 9.97 Å². The Hall–Kier alpha value is -2.27. The van der Waals surface area contributed by atoms with Crippen LogP contribution >= 0.6 is 11.3 Å². The topological polar surface area (TPSA) is 35.0 Å². The number of rotatable bonds is 3. The molecule has 3 rings (SSSR count). The van der Waals surface area contributed by atoms with Gasteiger partial charge in [-0.25, -0.2) is 9.37 Å². The quantitative estimate of drug-likeness (QED) is 0.722. The first-order chi connectivity index (χ1) is 10.2. The lowest BCUT2D eigenvalue weighted by atomic mass is 10.1. The van der Waals surface area contributed by atoms with Gasteiger partial charge in [0, 0.05) is 22.7 Å². The van der Waals surface area contributed by atoms with E-state index in [-0.39, 0.29) is 5.75 Å². The highest BCUT2D eigenvalue weighted by Crippen LogP contribution is 2.29. The minimum atomic E-state index is -0.398. The fourth-order valence-corrected chi connectivity index (χ4v) is 2.69. The summed E-state index contributed by atoms with van der Waals surface area (Å²) in [5.41, 5.74) is 2.81. The maximum atomic E-state index is 14.2. The molecule has 0 aliphatic carbocycles. The Morgan fingerprint density at radius 2 is 2.00 bits per heavy atom. The third-order valence-electron chi connectivity index (χ3n) is 3.14. The summed E-state index contributed by atoms with van der Waals surface area (Å²) in [6, 6.07) is 8.71. The van der Waals surface area contributed by atoms with E-state index < -0.39 is 5.82 Å². The summed E-state index contributed by atoms with van der Waals surface area (Å²) in [6.07, 6.45) is 1.71. The molecule has 0 spiro atoms. The van der Waals surface area contributed by atoms with Gasteiger partial charge in [-0.1, -0.05) is 6.07 Å². The molecule has 0 saturated carbocycles. The molecule has 0 aliphatic heterocycles. The number of pyridine rings is 1. The maximum Gasteiger partial charge on any atom is 0.174 e. The van der Waals surface area contributed by atoms with Crippen LogP contribution in [0.15, 0.2) is 41.9 Å². The zero-order valence-corrected chi connectivity index (χ0v) is 12.4. The summed E-state index contributed by atoms with van der Waals surface area (Å²) in [5, 5.41) is 2.99. The smallest absolute Gasteiger partial charge is 0.174 e. The number of ether oxygens (including phenoxy) is 1. The van der Waals surface area contributed by atoms with Crippen LogP contribution in [0.1, 0.15) is 5.01 Å². The second-order valence-corrected chi connectivity index (χ2v) is 5.57. The molecule has 2 heterocycles. The van der Waals surface area contributed by atoms with Crippen LogP contribution in [0, 0.1) is 12.7 Å². The fourth-order valence-electron chi connectivity index (χ4n) is 2.07. The van der Waals surface area contributed by atoms with Crippen LogP contribution in [0.4, 0.5) is 4.39 Å². The Balaban J connectivity index is 1.98. The molecule has 0 bridgehead atoms. The average molecular weight is 300 g/mol. The highest BCUT2D eigenvalue weighted by Gasteiger charge is 2.11. The number of hydrogen-bond donors (Lipinski definition) is 0. The second kappa shape index (κ2) is 5.61. The molecule has 5 heteroatoms. The molecule has 2 aromatic heterocycles. The molecule has 21 heavy (non-hydrogen) atoms. The van der Waals surface area contributed by atoms with E-state index in [4.69, 9.17) is 4.74 Å². The predicted molar refractivity (Wildman–Crippen MR) is 82.0 cm³/mol. The van der Waals surface area contributed by atoms with Crippen molar-refractivity contribution in [2.45, 2.75) is 6.92 Å². The lowest BCUT2D eigenvalue weighted by Crippen LogP contribution is -1.93. The van der Waals surface area contributed by atoms with Gasteiger partial charge < -0.3 is 4.74 Å². The Labute approximate surface area is 126 Å². The Morgan fingerprint density at radius 1 is 1.14 bits per heavy atom. The monoisotopic (exact) mass is 300 g/mol. The summed E-state index contributed by atoms with van der Waals surface area (Å²) in [4.78, 5) is 8.75. The Morgan fingerprint density at radius 3 is 2.62 bits per heavy atom. The van der Waals surface area contributed by atoms with Gasteiger partial charge in [0.25, 0.3) is 0 Å². The molecular formula is C16H13FN2OS. The molecule has 106 valence electrons. The molecule has 1 aromatic carbocycles. The van der Waals surface area contributed by atoms with E-state index in [9.17, 15) is 4.39 Å². The Kier molecular flexibility index (Phi) is 3.66. The van der Waals surface area contributed by atoms with Crippen LogP contribution in [0.5, 0.6) is 5.75 Å². The van der Waals surface area contributed by atoms with Crippen LogP contribution in [0.2, 0.25) is 0 Å². The summed E-state index contributed by atoms with van der Waals surface area (Å²) in [7, 11) is 1.45. The van der Waals surface area contributed by atoms with Gasteiger partial charge in [0.05, 0.1) is 23.5 Å². The number of methoxy groups -OCH3 is 1. The summed E-state index contributed by atoms with van der Waals surface area (Å²) >= 11 is 1.59. The molecule has 0 fully saturated rings.